The molecule has 0 saturated heterocycles. The minimum Gasteiger partial charge on any atom is -0.317 e. The molecule has 0 saturated carbocycles. The van der Waals surface area contributed by atoms with E-state index in [1.165, 1.54) is 20.8 Å². The van der Waals surface area contributed by atoms with Crippen molar-refractivity contribution in [1.82, 2.24) is 0 Å². The van der Waals surface area contributed by atoms with Crippen LogP contribution in [-0.2, 0) is 0 Å². The third-order valence-corrected chi connectivity index (χ3v) is 2.15. The first kappa shape index (κ1) is 10.8. The predicted molar refractivity (Wildman–Crippen MR) is 38.1 cm³/mol. The van der Waals surface area contributed by atoms with Gasteiger partial charge in [-0.1, -0.05) is 20.8 Å². The van der Waals surface area contributed by atoms with Crippen molar-refractivity contribution in [2.75, 3.05) is 0 Å². The molecule has 0 aliphatic heterocycles. The first-order valence-corrected chi connectivity index (χ1v) is 3.36. The van der Waals surface area contributed by atoms with Crippen molar-refractivity contribution in [3.05, 3.63) is 0 Å². The summed E-state index contributed by atoms with van der Waals surface area (Å²) in [6.07, 6.45) is -4.34. The zero-order valence-electron chi connectivity index (χ0n) is 7.21. The van der Waals surface area contributed by atoms with E-state index in [0.717, 1.165) is 6.92 Å². The Balaban J connectivity index is 4.75. The molecule has 1 atom stereocenters. The molecule has 0 aliphatic carbocycles. The Morgan fingerprint density at radius 1 is 0.909 bits per heavy atom. The number of hydrogen-bond acceptors (Lipinski definition) is 1. The second-order valence-electron chi connectivity index (χ2n) is 3.95. The smallest absolute Gasteiger partial charge is 0.317 e. The number of alkyl halides is 3. The van der Waals surface area contributed by atoms with Crippen molar-refractivity contribution in [3.63, 3.8) is 0 Å². The lowest BCUT2D eigenvalue weighted by atomic mass is 9.75. The molecule has 0 radical (unpaired) electrons. The lowest BCUT2D eigenvalue weighted by molar-refractivity contribution is -0.207. The van der Waals surface area contributed by atoms with Crippen LogP contribution in [0.5, 0.6) is 0 Å². The molecule has 11 heavy (non-hydrogen) atoms. The highest BCUT2D eigenvalue weighted by Crippen LogP contribution is 2.40. The SMILES string of the molecule is CC(C)(C)[C@@](C)(N)C(F)(F)F. The van der Waals surface area contributed by atoms with E-state index >= 15 is 0 Å². The van der Waals surface area contributed by atoms with Gasteiger partial charge in [0.1, 0.15) is 5.54 Å². The van der Waals surface area contributed by atoms with Gasteiger partial charge in [0, 0.05) is 0 Å². The van der Waals surface area contributed by atoms with Crippen LogP contribution in [0.25, 0.3) is 0 Å². The van der Waals surface area contributed by atoms with Crippen LogP contribution >= 0.6 is 0 Å². The number of hydrogen-bond donors (Lipinski definition) is 1. The molecule has 0 heterocycles. The highest BCUT2D eigenvalue weighted by Gasteiger charge is 2.55. The van der Waals surface area contributed by atoms with Crippen molar-refractivity contribution < 1.29 is 13.2 Å². The van der Waals surface area contributed by atoms with E-state index in [9.17, 15) is 13.2 Å². The first-order chi connectivity index (χ1) is 4.50. The van der Waals surface area contributed by atoms with Crippen molar-refractivity contribution in [1.29, 1.82) is 0 Å². The highest BCUT2D eigenvalue weighted by molar-refractivity contribution is 4.97. The maximum absolute atomic E-state index is 12.2. The average molecular weight is 169 g/mol. The Bertz CT molecular complexity index is 125. The van der Waals surface area contributed by atoms with Crippen molar-refractivity contribution in [2.24, 2.45) is 11.1 Å². The van der Waals surface area contributed by atoms with E-state index < -0.39 is 17.1 Å². The number of halogens is 3. The molecule has 4 heteroatoms. The van der Waals surface area contributed by atoms with Gasteiger partial charge in [0.15, 0.2) is 0 Å². The standard InChI is InChI=1S/C7H14F3N/c1-5(2,3)6(4,11)7(8,9)10/h11H2,1-4H3/t6-/m1/s1. The van der Waals surface area contributed by atoms with Gasteiger partial charge in [-0.3, -0.25) is 0 Å². The summed E-state index contributed by atoms with van der Waals surface area (Å²) in [4.78, 5) is 0. The van der Waals surface area contributed by atoms with Crippen molar-refractivity contribution in [2.45, 2.75) is 39.4 Å². The van der Waals surface area contributed by atoms with E-state index in [1.807, 2.05) is 0 Å². The summed E-state index contributed by atoms with van der Waals surface area (Å²) in [5, 5.41) is 0. The molecule has 2 N–H and O–H groups in total. The van der Waals surface area contributed by atoms with E-state index in [0.29, 0.717) is 0 Å². The normalized spacial score (nSPS) is 19.6. The van der Waals surface area contributed by atoms with E-state index in [1.54, 1.807) is 0 Å². The van der Waals surface area contributed by atoms with Crippen molar-refractivity contribution >= 4 is 0 Å². The molecular weight excluding hydrogens is 155 g/mol. The molecule has 0 unspecified atom stereocenters. The summed E-state index contributed by atoms with van der Waals surface area (Å²) in [5.41, 5.74) is 2.05. The second-order valence-corrected chi connectivity index (χ2v) is 3.95. The largest absolute Gasteiger partial charge is 0.406 e. The lowest BCUT2D eigenvalue weighted by Gasteiger charge is -2.39. The highest BCUT2D eigenvalue weighted by atomic mass is 19.4. The van der Waals surface area contributed by atoms with Crippen LogP contribution in [0.2, 0.25) is 0 Å². The van der Waals surface area contributed by atoms with Crippen LogP contribution < -0.4 is 5.73 Å². The molecule has 1 nitrogen and oxygen atoms in total. The van der Waals surface area contributed by atoms with Crippen LogP contribution in [0.15, 0.2) is 0 Å². The quantitative estimate of drug-likeness (QED) is 0.591. The summed E-state index contributed by atoms with van der Waals surface area (Å²) in [6.45, 7) is 5.43. The van der Waals surface area contributed by atoms with E-state index in [2.05, 4.69) is 0 Å². The lowest BCUT2D eigenvalue weighted by Crippen LogP contribution is -2.59. The van der Waals surface area contributed by atoms with E-state index in [4.69, 9.17) is 5.73 Å². The third kappa shape index (κ3) is 1.86. The van der Waals surface area contributed by atoms with Gasteiger partial charge in [-0.15, -0.1) is 0 Å². The Kier molecular flexibility index (Phi) is 2.32. The monoisotopic (exact) mass is 169 g/mol. The number of nitrogens with two attached hydrogens (primary N) is 1. The van der Waals surface area contributed by atoms with Gasteiger partial charge < -0.3 is 5.73 Å². The topological polar surface area (TPSA) is 26.0 Å². The Morgan fingerprint density at radius 2 is 1.18 bits per heavy atom. The summed E-state index contributed by atoms with van der Waals surface area (Å²) >= 11 is 0. The summed E-state index contributed by atoms with van der Waals surface area (Å²) < 4.78 is 36.6. The molecule has 0 spiro atoms. The molecule has 0 aliphatic rings. The Hall–Kier alpha value is -0.250. The van der Waals surface area contributed by atoms with Crippen LogP contribution in [0.3, 0.4) is 0 Å². The van der Waals surface area contributed by atoms with Crippen LogP contribution in [-0.4, -0.2) is 11.7 Å². The molecular formula is C7H14F3N. The van der Waals surface area contributed by atoms with Gasteiger partial charge in [-0.2, -0.15) is 13.2 Å². The first-order valence-electron chi connectivity index (χ1n) is 3.36. The van der Waals surface area contributed by atoms with Crippen LogP contribution in [0.1, 0.15) is 27.7 Å². The van der Waals surface area contributed by atoms with Gasteiger partial charge in [-0.25, -0.2) is 0 Å². The van der Waals surface area contributed by atoms with Gasteiger partial charge in [0.05, 0.1) is 0 Å². The maximum atomic E-state index is 12.2. The minimum absolute atomic E-state index is 0.967. The Morgan fingerprint density at radius 3 is 1.18 bits per heavy atom. The second kappa shape index (κ2) is 2.37. The summed E-state index contributed by atoms with van der Waals surface area (Å²) in [7, 11) is 0. The zero-order valence-corrected chi connectivity index (χ0v) is 7.21. The zero-order chi connectivity index (χ0) is 9.50. The summed E-state index contributed by atoms with van der Waals surface area (Å²) in [5.74, 6) is 0. The number of rotatable bonds is 0. The molecule has 68 valence electrons. The minimum atomic E-state index is -4.34. The summed E-state index contributed by atoms with van der Waals surface area (Å²) in [6, 6.07) is 0. The molecule has 0 aromatic heterocycles. The van der Waals surface area contributed by atoms with Gasteiger partial charge >= 0.3 is 6.18 Å². The van der Waals surface area contributed by atoms with Gasteiger partial charge in [0.25, 0.3) is 0 Å². The van der Waals surface area contributed by atoms with Crippen molar-refractivity contribution in [3.8, 4) is 0 Å². The van der Waals surface area contributed by atoms with Gasteiger partial charge in [0.2, 0.25) is 0 Å². The molecule has 0 rings (SSSR count). The molecule has 0 aromatic carbocycles. The third-order valence-electron chi connectivity index (χ3n) is 2.15. The van der Waals surface area contributed by atoms with Crippen LogP contribution in [0, 0.1) is 5.41 Å². The fourth-order valence-corrected chi connectivity index (χ4v) is 0.425. The molecule has 0 aromatic rings. The Labute approximate surface area is 64.8 Å². The predicted octanol–water partition coefficient (Wildman–Crippen LogP) is 2.31. The average Bonchev–Trinajstić information content (AvgIpc) is 1.58. The molecule has 0 amide bonds. The fraction of sp³-hybridized carbons (Fsp3) is 1.00. The fourth-order valence-electron chi connectivity index (χ4n) is 0.425. The molecule has 0 fully saturated rings. The van der Waals surface area contributed by atoms with E-state index in [-0.39, 0.29) is 0 Å². The van der Waals surface area contributed by atoms with Crippen LogP contribution in [0.4, 0.5) is 13.2 Å². The molecule has 0 bridgehead atoms. The maximum Gasteiger partial charge on any atom is 0.406 e. The van der Waals surface area contributed by atoms with Gasteiger partial charge in [-0.05, 0) is 12.3 Å².